The Labute approximate surface area is 831 Å². The van der Waals surface area contributed by atoms with Crippen molar-refractivity contribution in [1.29, 1.82) is 0 Å². The van der Waals surface area contributed by atoms with Crippen LogP contribution in [0.4, 0.5) is 0 Å². The molecule has 0 unspecified atom stereocenters. The Morgan fingerprint density at radius 3 is 0.576 bits per heavy atom. The highest BCUT2D eigenvalue weighted by Crippen LogP contribution is 2.45. The van der Waals surface area contributed by atoms with Crippen LogP contribution >= 0.6 is 0 Å². The van der Waals surface area contributed by atoms with Gasteiger partial charge in [0.05, 0.1) is 82.8 Å². The van der Waals surface area contributed by atoms with E-state index in [1.165, 1.54) is 154 Å². The average molecular weight is 1840 g/mol. The summed E-state index contributed by atoms with van der Waals surface area (Å²) in [7, 11) is 0. The smallest absolute Gasteiger partial charge is 0.0963 e. The van der Waals surface area contributed by atoms with Gasteiger partial charge in [0.15, 0.2) is 0 Å². The lowest BCUT2D eigenvalue weighted by atomic mass is 10.0. The van der Waals surface area contributed by atoms with E-state index in [2.05, 4.69) is 531 Å². The predicted octanol–water partition coefficient (Wildman–Crippen LogP) is 35.2. The Kier molecular flexibility index (Phi) is 20.7. The van der Waals surface area contributed by atoms with Crippen molar-refractivity contribution < 1.29 is 0 Å². The van der Waals surface area contributed by atoms with E-state index in [1.807, 2.05) is 36.8 Å². The second kappa shape index (κ2) is 35.6. The fourth-order valence-corrected chi connectivity index (χ4v) is 21.9. The van der Waals surface area contributed by atoms with Crippen molar-refractivity contribution in [2.75, 3.05) is 0 Å². The number of nitrogens with zero attached hydrogens (tertiary/aromatic N) is 9. The van der Waals surface area contributed by atoms with E-state index < -0.39 is 0 Å². The third-order valence-electron chi connectivity index (χ3n) is 28.7. The molecule has 0 aliphatic carbocycles. The van der Waals surface area contributed by atoms with Crippen LogP contribution in [0.3, 0.4) is 0 Å². The standard InChI is InChI=1S/2C47H31N3.C41H27N3/c1-3-11-32(12-4-1)34-20-24-38(25-21-34)49-43-18-8-7-17-40(43)41-26-22-36(30-45(41)49)37-23-27-42-46(31-37)50(44-19-10-28-48-47(42)44)39-16-9-15-35(29-39)33-13-5-2-6-14-33;1-3-10-32(11-4-1)34-17-23-38(24-18-34)49-43-15-8-7-14-40(43)41-27-21-36(30-45(41)49)37-22-28-42-46(31-37)50(44-16-9-29-48-47(42)44)39-25-19-35(20-26-39)33-12-5-2-6-13-33;1-3-11-28(12-4-1)29-13-9-16-33(25-29)44-38-19-10-24-42-41(38)36-23-21-31(27-40(36)44)30-20-22-35-34-17-7-8-18-37(34)43(39(35)26-30)32-14-5-2-6-15-32/h2*1-31H;1-27H. The van der Waals surface area contributed by atoms with Gasteiger partial charge in [0, 0.05) is 101 Å². The van der Waals surface area contributed by atoms with E-state index in [-0.39, 0.29) is 0 Å². The van der Waals surface area contributed by atoms with Crippen LogP contribution in [0.1, 0.15) is 0 Å². The summed E-state index contributed by atoms with van der Waals surface area (Å²) >= 11 is 0. The lowest BCUT2D eigenvalue weighted by molar-refractivity contribution is 1.17. The number of hydrogen-bond acceptors (Lipinski definition) is 3. The Morgan fingerprint density at radius 2 is 0.285 bits per heavy atom. The van der Waals surface area contributed by atoms with Crippen molar-refractivity contribution in [2.24, 2.45) is 0 Å². The first kappa shape index (κ1) is 84.0. The molecule has 0 fully saturated rings. The van der Waals surface area contributed by atoms with Crippen LogP contribution in [0.15, 0.2) is 540 Å². The quantitative estimate of drug-likeness (QED) is 0.109. The third kappa shape index (κ3) is 14.8. The highest BCUT2D eigenvalue weighted by Gasteiger charge is 2.24. The van der Waals surface area contributed by atoms with Gasteiger partial charge < -0.3 is 27.4 Å². The third-order valence-corrected chi connectivity index (χ3v) is 28.7. The van der Waals surface area contributed by atoms with E-state index in [0.29, 0.717) is 0 Å². The summed E-state index contributed by atoms with van der Waals surface area (Å²) in [6.45, 7) is 0. The molecular weight excluding hydrogens is 1750 g/mol. The van der Waals surface area contributed by atoms with E-state index in [4.69, 9.17) is 15.0 Å². The van der Waals surface area contributed by atoms with Gasteiger partial charge in [-0.3, -0.25) is 15.0 Å². The van der Waals surface area contributed by atoms with Crippen molar-refractivity contribution in [3.8, 4) is 123 Å². The van der Waals surface area contributed by atoms with Gasteiger partial charge in [-0.2, -0.15) is 0 Å². The Balaban J connectivity index is 0.000000108. The monoisotopic (exact) mass is 1840 g/mol. The second-order valence-electron chi connectivity index (χ2n) is 37.0. The van der Waals surface area contributed by atoms with Gasteiger partial charge in [0.25, 0.3) is 0 Å². The molecular formula is C135H89N9. The topological polar surface area (TPSA) is 68.2 Å². The zero-order chi connectivity index (χ0) is 95.1. The molecule has 0 radical (unpaired) electrons. The van der Waals surface area contributed by atoms with Gasteiger partial charge in [-0.05, 0) is 271 Å². The first-order valence-corrected chi connectivity index (χ1v) is 49.1. The van der Waals surface area contributed by atoms with Crippen LogP contribution in [0.5, 0.6) is 0 Å². The number of fused-ring (bicyclic) bond motifs is 18. The number of aromatic nitrogens is 9. The largest absolute Gasteiger partial charge is 0.309 e. The summed E-state index contributed by atoms with van der Waals surface area (Å²) < 4.78 is 14.2. The molecule has 0 N–H and O–H groups in total. The summed E-state index contributed by atoms with van der Waals surface area (Å²) in [6, 6.07) is 187. The molecule has 9 nitrogen and oxygen atoms in total. The van der Waals surface area contributed by atoms with Crippen LogP contribution in [-0.4, -0.2) is 42.4 Å². The number of rotatable bonds is 14. The fourth-order valence-electron chi connectivity index (χ4n) is 21.9. The summed E-state index contributed by atoms with van der Waals surface area (Å²) in [6.07, 6.45) is 5.66. The van der Waals surface area contributed by atoms with Crippen LogP contribution in [0.25, 0.3) is 254 Å². The molecule has 29 rings (SSSR count). The molecule has 20 aromatic carbocycles. The molecule has 0 bridgehead atoms. The maximum absolute atomic E-state index is 4.85. The molecule has 144 heavy (non-hydrogen) atoms. The highest BCUT2D eigenvalue weighted by atomic mass is 15.0. The zero-order valence-corrected chi connectivity index (χ0v) is 78.4. The molecule has 9 aromatic heterocycles. The van der Waals surface area contributed by atoms with Crippen molar-refractivity contribution in [1.82, 2.24) is 42.4 Å². The molecule has 9 heteroatoms. The maximum atomic E-state index is 4.85. The Bertz CT molecular complexity index is 9770. The number of benzene rings is 20. The van der Waals surface area contributed by atoms with Crippen molar-refractivity contribution in [2.45, 2.75) is 0 Å². The van der Waals surface area contributed by atoms with E-state index in [9.17, 15) is 0 Å². The highest BCUT2D eigenvalue weighted by molar-refractivity contribution is 6.16. The number of para-hydroxylation sites is 4. The summed E-state index contributed by atoms with van der Waals surface area (Å²) in [5.41, 5.74) is 42.9. The molecule has 0 atom stereocenters. The predicted molar refractivity (Wildman–Crippen MR) is 602 cm³/mol. The molecule has 674 valence electrons. The van der Waals surface area contributed by atoms with E-state index in [1.54, 1.807) is 0 Å². The molecule has 0 spiro atoms. The Hall–Kier alpha value is -19.4. The molecule has 0 aliphatic rings. The molecule has 29 aromatic rings. The lowest BCUT2D eigenvalue weighted by Gasteiger charge is -2.12. The first-order valence-electron chi connectivity index (χ1n) is 49.1. The number of hydrogen-bond donors (Lipinski definition) is 0. The maximum Gasteiger partial charge on any atom is 0.0963 e. The van der Waals surface area contributed by atoms with Gasteiger partial charge in [0.1, 0.15) is 0 Å². The van der Waals surface area contributed by atoms with Crippen LogP contribution in [0, 0.1) is 0 Å². The lowest BCUT2D eigenvalue weighted by Crippen LogP contribution is -1.95. The fraction of sp³-hybridized carbons (Fsp3) is 0. The minimum atomic E-state index is 1.01. The minimum Gasteiger partial charge on any atom is -0.309 e. The van der Waals surface area contributed by atoms with Crippen LogP contribution < -0.4 is 0 Å². The summed E-state index contributed by atoms with van der Waals surface area (Å²) in [5, 5.41) is 10.9. The van der Waals surface area contributed by atoms with Gasteiger partial charge >= 0.3 is 0 Å². The normalized spacial score (nSPS) is 11.6. The average Bonchev–Trinajstić information content (AvgIpc) is 1.59. The van der Waals surface area contributed by atoms with E-state index in [0.717, 1.165) is 99.9 Å². The van der Waals surface area contributed by atoms with Crippen molar-refractivity contribution in [3.63, 3.8) is 0 Å². The second-order valence-corrected chi connectivity index (χ2v) is 37.0. The summed E-state index contributed by atoms with van der Waals surface area (Å²) in [5.74, 6) is 0. The molecule has 0 aliphatic heterocycles. The van der Waals surface area contributed by atoms with Gasteiger partial charge in [0.2, 0.25) is 0 Å². The summed E-state index contributed by atoms with van der Waals surface area (Å²) in [4.78, 5) is 14.5. The van der Waals surface area contributed by atoms with Crippen LogP contribution in [0.2, 0.25) is 0 Å². The molecule has 0 saturated heterocycles. The number of pyridine rings is 3. The van der Waals surface area contributed by atoms with Gasteiger partial charge in [-0.25, -0.2) is 0 Å². The van der Waals surface area contributed by atoms with E-state index >= 15 is 0 Å². The SMILES string of the molecule is c1ccc(-c2ccc(-n3c4ccccc4c4ccc(-c5ccc6c7ncccc7n(-c7ccc(-c8ccccc8)cc7)c6c5)cc43)cc2)cc1.c1ccc(-c2ccc(-n3c4ccccc4c4ccc(-c5ccc6c7ncccc7n(-c7cccc(-c8ccccc8)c7)c6c5)cc43)cc2)cc1.c1ccc(-c2cccc(-n3c4cc(-c5ccc6c7ccccc7n(-c7ccccc7)c6c5)ccc4c4ncccc43)c2)cc1. The molecule has 0 saturated carbocycles. The van der Waals surface area contributed by atoms with Crippen molar-refractivity contribution >= 4 is 131 Å². The zero-order valence-electron chi connectivity index (χ0n) is 78.4. The Morgan fingerprint density at radius 1 is 0.104 bits per heavy atom. The molecule has 9 heterocycles. The van der Waals surface area contributed by atoms with Crippen LogP contribution in [-0.2, 0) is 0 Å². The molecule has 0 amide bonds. The minimum absolute atomic E-state index is 1.01. The van der Waals surface area contributed by atoms with Gasteiger partial charge in [-0.1, -0.05) is 340 Å². The van der Waals surface area contributed by atoms with Gasteiger partial charge in [-0.15, -0.1) is 0 Å². The first-order chi connectivity index (χ1) is 71.4. The van der Waals surface area contributed by atoms with Crippen molar-refractivity contribution in [3.05, 3.63) is 540 Å².